The van der Waals surface area contributed by atoms with Crippen molar-refractivity contribution < 1.29 is 4.79 Å². The zero-order valence-corrected chi connectivity index (χ0v) is 11.9. The molecule has 3 nitrogen and oxygen atoms in total. The molecule has 1 aromatic rings. The van der Waals surface area contributed by atoms with Gasteiger partial charge in [-0.05, 0) is 37.8 Å². The van der Waals surface area contributed by atoms with Gasteiger partial charge in [-0.15, -0.1) is 0 Å². The first-order chi connectivity index (χ1) is 9.03. The molecule has 1 aliphatic carbocycles. The minimum atomic E-state index is -0.658. The lowest BCUT2D eigenvalue weighted by Gasteiger charge is -2.33. The Morgan fingerprint density at radius 2 is 1.89 bits per heavy atom. The average molecular weight is 260 g/mol. The highest BCUT2D eigenvalue weighted by atomic mass is 16.2. The Hall–Kier alpha value is -1.35. The smallest absolute Gasteiger partial charge is 0.240 e. The number of carbonyl (C=O) groups excluding carboxylic acids is 1. The largest absolute Gasteiger partial charge is 0.348 e. The standard InChI is InChI=1S/C16H24N2O/c1-12-8-4-5-9-14(12)13(2)18-15(19)16(17)10-6-3-7-11-16/h4-5,8-9,13H,3,6-7,10-11,17H2,1-2H3,(H,18,19)/t13-/m0/s1. The average Bonchev–Trinajstić information content (AvgIpc) is 2.40. The second-order valence-electron chi connectivity index (χ2n) is 5.77. The molecule has 1 aliphatic rings. The number of nitrogens with one attached hydrogen (secondary N) is 1. The molecular formula is C16H24N2O. The summed E-state index contributed by atoms with van der Waals surface area (Å²) in [5.74, 6) is 0.00273. The van der Waals surface area contributed by atoms with E-state index in [2.05, 4.69) is 24.4 Å². The molecule has 0 spiro atoms. The number of nitrogens with two attached hydrogens (primary N) is 1. The van der Waals surface area contributed by atoms with E-state index in [0.29, 0.717) is 0 Å². The first-order valence-electron chi connectivity index (χ1n) is 7.18. The third-order valence-electron chi connectivity index (χ3n) is 4.20. The normalized spacial score (nSPS) is 19.7. The van der Waals surface area contributed by atoms with Crippen LogP contribution in [0.25, 0.3) is 0 Å². The van der Waals surface area contributed by atoms with Crippen LogP contribution < -0.4 is 11.1 Å². The lowest BCUT2D eigenvalue weighted by molar-refractivity contribution is -0.128. The molecule has 1 amide bonds. The Kier molecular flexibility index (Phi) is 4.25. The van der Waals surface area contributed by atoms with Crippen molar-refractivity contribution in [3.05, 3.63) is 35.4 Å². The number of amides is 1. The molecular weight excluding hydrogens is 236 g/mol. The predicted octanol–water partition coefficient (Wildman–Crippen LogP) is 2.83. The van der Waals surface area contributed by atoms with Gasteiger partial charge in [0.15, 0.2) is 0 Å². The minimum absolute atomic E-state index is 0.00273. The number of hydrogen-bond acceptors (Lipinski definition) is 2. The van der Waals surface area contributed by atoms with E-state index in [0.717, 1.165) is 31.2 Å². The summed E-state index contributed by atoms with van der Waals surface area (Å²) < 4.78 is 0. The van der Waals surface area contributed by atoms with Gasteiger partial charge in [-0.25, -0.2) is 0 Å². The quantitative estimate of drug-likeness (QED) is 0.878. The van der Waals surface area contributed by atoms with Crippen LogP contribution in [-0.4, -0.2) is 11.4 Å². The molecule has 19 heavy (non-hydrogen) atoms. The Bertz CT molecular complexity index is 450. The van der Waals surface area contributed by atoms with Crippen molar-refractivity contribution in [2.24, 2.45) is 5.73 Å². The van der Waals surface area contributed by atoms with Gasteiger partial charge in [0.25, 0.3) is 0 Å². The molecule has 3 N–H and O–H groups in total. The Morgan fingerprint density at radius 3 is 2.53 bits per heavy atom. The minimum Gasteiger partial charge on any atom is -0.348 e. The van der Waals surface area contributed by atoms with Gasteiger partial charge in [0.05, 0.1) is 11.6 Å². The van der Waals surface area contributed by atoms with Gasteiger partial charge >= 0.3 is 0 Å². The van der Waals surface area contributed by atoms with Crippen LogP contribution in [-0.2, 0) is 4.79 Å². The molecule has 1 atom stereocenters. The fourth-order valence-electron chi connectivity index (χ4n) is 2.90. The molecule has 2 rings (SSSR count). The van der Waals surface area contributed by atoms with E-state index in [1.807, 2.05) is 19.1 Å². The summed E-state index contributed by atoms with van der Waals surface area (Å²) in [7, 11) is 0. The van der Waals surface area contributed by atoms with E-state index in [1.165, 1.54) is 12.0 Å². The molecule has 104 valence electrons. The van der Waals surface area contributed by atoms with E-state index in [1.54, 1.807) is 0 Å². The van der Waals surface area contributed by atoms with Crippen molar-refractivity contribution in [3.8, 4) is 0 Å². The maximum absolute atomic E-state index is 12.4. The third-order valence-corrected chi connectivity index (χ3v) is 4.20. The van der Waals surface area contributed by atoms with Gasteiger partial charge in [0, 0.05) is 0 Å². The second-order valence-corrected chi connectivity index (χ2v) is 5.77. The number of aryl methyl sites for hydroxylation is 1. The van der Waals surface area contributed by atoms with Crippen molar-refractivity contribution in [1.82, 2.24) is 5.32 Å². The highest BCUT2D eigenvalue weighted by Crippen LogP contribution is 2.27. The first kappa shape index (κ1) is 14.1. The molecule has 0 heterocycles. The summed E-state index contributed by atoms with van der Waals surface area (Å²) >= 11 is 0. The molecule has 1 aromatic carbocycles. The van der Waals surface area contributed by atoms with Crippen molar-refractivity contribution in [1.29, 1.82) is 0 Å². The lowest BCUT2D eigenvalue weighted by Crippen LogP contribution is -2.55. The molecule has 0 radical (unpaired) electrons. The summed E-state index contributed by atoms with van der Waals surface area (Å²) in [5.41, 5.74) is 7.96. The summed E-state index contributed by atoms with van der Waals surface area (Å²) in [6.45, 7) is 4.09. The summed E-state index contributed by atoms with van der Waals surface area (Å²) in [4.78, 5) is 12.4. The molecule has 1 fully saturated rings. The van der Waals surface area contributed by atoms with Crippen LogP contribution in [0, 0.1) is 6.92 Å². The molecule has 0 aromatic heterocycles. The van der Waals surface area contributed by atoms with Gasteiger partial charge in [0.1, 0.15) is 0 Å². The topological polar surface area (TPSA) is 55.1 Å². The number of benzene rings is 1. The second kappa shape index (κ2) is 5.74. The molecule has 0 bridgehead atoms. The molecule has 0 saturated heterocycles. The zero-order valence-electron chi connectivity index (χ0n) is 11.9. The van der Waals surface area contributed by atoms with E-state index >= 15 is 0 Å². The van der Waals surface area contributed by atoms with E-state index in [4.69, 9.17) is 5.73 Å². The van der Waals surface area contributed by atoms with Crippen LogP contribution in [0.1, 0.15) is 56.2 Å². The fourth-order valence-corrected chi connectivity index (χ4v) is 2.90. The Balaban J connectivity index is 2.04. The van der Waals surface area contributed by atoms with E-state index in [9.17, 15) is 4.79 Å². The summed E-state index contributed by atoms with van der Waals surface area (Å²) in [6, 6.07) is 8.15. The SMILES string of the molecule is Cc1ccccc1[C@H](C)NC(=O)C1(N)CCCCC1. The molecule has 1 saturated carbocycles. The zero-order chi connectivity index (χ0) is 13.9. The van der Waals surface area contributed by atoms with Gasteiger partial charge in [-0.2, -0.15) is 0 Å². The van der Waals surface area contributed by atoms with Crippen LogP contribution >= 0.6 is 0 Å². The van der Waals surface area contributed by atoms with Crippen LogP contribution in [0.4, 0.5) is 0 Å². The van der Waals surface area contributed by atoms with Crippen LogP contribution in [0.2, 0.25) is 0 Å². The fraction of sp³-hybridized carbons (Fsp3) is 0.562. The van der Waals surface area contributed by atoms with Crippen LogP contribution in [0.3, 0.4) is 0 Å². The summed E-state index contributed by atoms with van der Waals surface area (Å²) in [6.07, 6.45) is 4.92. The summed E-state index contributed by atoms with van der Waals surface area (Å²) in [5, 5.41) is 3.08. The van der Waals surface area contributed by atoms with Gasteiger partial charge in [-0.3, -0.25) is 4.79 Å². The van der Waals surface area contributed by atoms with Crippen molar-refractivity contribution in [2.45, 2.75) is 57.5 Å². The number of carbonyl (C=O) groups is 1. The Morgan fingerprint density at radius 1 is 1.26 bits per heavy atom. The molecule has 3 heteroatoms. The maximum Gasteiger partial charge on any atom is 0.240 e. The predicted molar refractivity (Wildman–Crippen MR) is 77.7 cm³/mol. The Labute approximate surface area is 115 Å². The number of rotatable bonds is 3. The highest BCUT2D eigenvalue weighted by molar-refractivity contribution is 5.86. The lowest BCUT2D eigenvalue weighted by atomic mass is 9.81. The first-order valence-corrected chi connectivity index (χ1v) is 7.18. The van der Waals surface area contributed by atoms with Gasteiger partial charge in [-0.1, -0.05) is 43.5 Å². The monoisotopic (exact) mass is 260 g/mol. The third kappa shape index (κ3) is 3.16. The highest BCUT2D eigenvalue weighted by Gasteiger charge is 2.35. The van der Waals surface area contributed by atoms with E-state index < -0.39 is 5.54 Å². The van der Waals surface area contributed by atoms with Crippen molar-refractivity contribution >= 4 is 5.91 Å². The maximum atomic E-state index is 12.4. The van der Waals surface area contributed by atoms with Gasteiger partial charge < -0.3 is 11.1 Å². The van der Waals surface area contributed by atoms with Crippen molar-refractivity contribution in [2.75, 3.05) is 0 Å². The number of hydrogen-bond donors (Lipinski definition) is 2. The van der Waals surface area contributed by atoms with Crippen molar-refractivity contribution in [3.63, 3.8) is 0 Å². The molecule has 0 unspecified atom stereocenters. The molecule has 0 aliphatic heterocycles. The van der Waals surface area contributed by atoms with Crippen LogP contribution in [0.5, 0.6) is 0 Å². The van der Waals surface area contributed by atoms with E-state index in [-0.39, 0.29) is 11.9 Å². The van der Waals surface area contributed by atoms with Crippen LogP contribution in [0.15, 0.2) is 24.3 Å². The van der Waals surface area contributed by atoms with Gasteiger partial charge in [0.2, 0.25) is 5.91 Å².